The summed E-state index contributed by atoms with van der Waals surface area (Å²) in [5.74, 6) is 0. The fourth-order valence-corrected chi connectivity index (χ4v) is 3.53. The fraction of sp³-hybridized carbons (Fsp3) is 0.250. The zero-order valence-corrected chi connectivity index (χ0v) is 14.1. The number of aryl methyl sites for hydroxylation is 2. The van der Waals surface area contributed by atoms with Crippen LogP contribution in [0.25, 0.3) is 0 Å². The van der Waals surface area contributed by atoms with E-state index in [1.807, 2.05) is 12.1 Å². The molecule has 0 bridgehead atoms. The Balaban J connectivity index is 1.91. The summed E-state index contributed by atoms with van der Waals surface area (Å²) < 4.78 is 0.817. The maximum atomic E-state index is 6.31. The number of benzene rings is 2. The van der Waals surface area contributed by atoms with Crippen molar-refractivity contribution in [3.63, 3.8) is 0 Å². The van der Waals surface area contributed by atoms with Crippen molar-refractivity contribution >= 4 is 44.8 Å². The topological polar surface area (TPSA) is 12.0 Å². The molecule has 104 valence electrons. The summed E-state index contributed by atoms with van der Waals surface area (Å²) in [7, 11) is 0. The average Bonchev–Trinajstić information content (AvgIpc) is 2.82. The standard InChI is InChI=1S/C16H14BrCl2N/c1-9-2-3-10-4-6-13(11(10)8-9)20-14-7-5-12(17)15(18)16(14)19/h2-3,5,7-8,13,20H,4,6H2,1H3. The largest absolute Gasteiger partial charge is 0.377 e. The summed E-state index contributed by atoms with van der Waals surface area (Å²) in [4.78, 5) is 0. The molecule has 20 heavy (non-hydrogen) atoms. The summed E-state index contributed by atoms with van der Waals surface area (Å²) in [6.07, 6.45) is 2.19. The number of hydrogen-bond acceptors (Lipinski definition) is 1. The van der Waals surface area contributed by atoms with Gasteiger partial charge in [0, 0.05) is 4.47 Å². The second-order valence-corrected chi connectivity index (χ2v) is 6.77. The van der Waals surface area contributed by atoms with Gasteiger partial charge in [-0.25, -0.2) is 0 Å². The van der Waals surface area contributed by atoms with Crippen LogP contribution in [0.4, 0.5) is 5.69 Å². The van der Waals surface area contributed by atoms with Gasteiger partial charge >= 0.3 is 0 Å². The van der Waals surface area contributed by atoms with Crippen LogP contribution in [-0.4, -0.2) is 0 Å². The van der Waals surface area contributed by atoms with Crippen LogP contribution in [-0.2, 0) is 6.42 Å². The SMILES string of the molecule is Cc1ccc2c(c1)C(Nc1ccc(Br)c(Cl)c1Cl)CC2. The molecular weight excluding hydrogens is 357 g/mol. The number of anilines is 1. The van der Waals surface area contributed by atoms with Gasteiger partial charge < -0.3 is 5.32 Å². The first kappa shape index (κ1) is 14.2. The van der Waals surface area contributed by atoms with Crippen LogP contribution in [0.15, 0.2) is 34.8 Å². The Labute approximate surface area is 137 Å². The van der Waals surface area contributed by atoms with Gasteiger partial charge in [-0.05, 0) is 59.0 Å². The Hall–Kier alpha value is -0.700. The van der Waals surface area contributed by atoms with Crippen molar-refractivity contribution < 1.29 is 0 Å². The fourth-order valence-electron chi connectivity index (χ4n) is 2.70. The molecule has 0 aliphatic heterocycles. The van der Waals surface area contributed by atoms with Crippen molar-refractivity contribution in [3.05, 3.63) is 61.5 Å². The molecule has 1 nitrogen and oxygen atoms in total. The normalized spacial score (nSPS) is 17.1. The lowest BCUT2D eigenvalue weighted by Crippen LogP contribution is -2.07. The van der Waals surface area contributed by atoms with Gasteiger partial charge in [0.2, 0.25) is 0 Å². The van der Waals surface area contributed by atoms with Crippen LogP contribution in [0.2, 0.25) is 10.0 Å². The first-order valence-electron chi connectivity index (χ1n) is 6.55. The third kappa shape index (κ3) is 2.57. The molecule has 0 radical (unpaired) electrons. The molecule has 2 aromatic carbocycles. The highest BCUT2D eigenvalue weighted by Crippen LogP contribution is 2.40. The van der Waals surface area contributed by atoms with E-state index in [-0.39, 0.29) is 0 Å². The molecule has 0 fully saturated rings. The number of halogens is 3. The Kier molecular flexibility index (Phi) is 3.98. The van der Waals surface area contributed by atoms with Crippen LogP contribution in [0.5, 0.6) is 0 Å². The van der Waals surface area contributed by atoms with E-state index < -0.39 is 0 Å². The molecule has 1 atom stereocenters. The predicted octanol–water partition coefficient (Wildman–Crippen LogP) is 6.16. The molecular formula is C16H14BrCl2N. The van der Waals surface area contributed by atoms with Gasteiger partial charge in [-0.15, -0.1) is 0 Å². The predicted molar refractivity (Wildman–Crippen MR) is 90.0 cm³/mol. The molecule has 1 aliphatic rings. The van der Waals surface area contributed by atoms with Crippen molar-refractivity contribution in [1.29, 1.82) is 0 Å². The molecule has 0 saturated heterocycles. The summed E-state index contributed by atoms with van der Waals surface area (Å²) in [5, 5.41) is 4.65. The van der Waals surface area contributed by atoms with Gasteiger partial charge in [0.05, 0.1) is 21.8 Å². The number of hydrogen-bond donors (Lipinski definition) is 1. The van der Waals surface area contributed by atoms with E-state index in [2.05, 4.69) is 46.4 Å². The molecule has 0 heterocycles. The highest BCUT2D eigenvalue weighted by atomic mass is 79.9. The second kappa shape index (κ2) is 5.59. The smallest absolute Gasteiger partial charge is 0.0835 e. The lowest BCUT2D eigenvalue weighted by Gasteiger charge is -2.18. The molecule has 0 amide bonds. The van der Waals surface area contributed by atoms with E-state index in [1.54, 1.807) is 0 Å². The third-order valence-corrected chi connectivity index (χ3v) is 5.52. The van der Waals surface area contributed by atoms with E-state index in [0.717, 1.165) is 23.0 Å². The molecule has 2 aromatic rings. The maximum absolute atomic E-state index is 6.31. The number of nitrogens with one attached hydrogen (secondary N) is 1. The first-order chi connectivity index (χ1) is 9.56. The Morgan fingerprint density at radius 2 is 1.95 bits per heavy atom. The zero-order valence-electron chi connectivity index (χ0n) is 11.0. The van der Waals surface area contributed by atoms with Crippen LogP contribution in [0.3, 0.4) is 0 Å². The molecule has 4 heteroatoms. The van der Waals surface area contributed by atoms with E-state index in [9.17, 15) is 0 Å². The van der Waals surface area contributed by atoms with Gasteiger partial charge in [0.1, 0.15) is 0 Å². The monoisotopic (exact) mass is 369 g/mol. The van der Waals surface area contributed by atoms with Gasteiger partial charge in [-0.2, -0.15) is 0 Å². The molecule has 0 aromatic heterocycles. The Morgan fingerprint density at radius 1 is 1.15 bits per heavy atom. The Morgan fingerprint density at radius 3 is 2.75 bits per heavy atom. The molecule has 0 saturated carbocycles. The van der Waals surface area contributed by atoms with Gasteiger partial charge in [0.15, 0.2) is 0 Å². The minimum absolute atomic E-state index is 0.305. The molecule has 1 N–H and O–H groups in total. The van der Waals surface area contributed by atoms with Crippen molar-refractivity contribution in [2.75, 3.05) is 5.32 Å². The highest BCUT2D eigenvalue weighted by molar-refractivity contribution is 9.10. The molecule has 1 unspecified atom stereocenters. The van der Waals surface area contributed by atoms with Crippen LogP contribution >= 0.6 is 39.1 Å². The van der Waals surface area contributed by atoms with Crippen LogP contribution in [0.1, 0.15) is 29.2 Å². The van der Waals surface area contributed by atoms with Crippen molar-refractivity contribution in [3.8, 4) is 0 Å². The maximum Gasteiger partial charge on any atom is 0.0835 e. The van der Waals surface area contributed by atoms with Crippen LogP contribution < -0.4 is 5.32 Å². The summed E-state index contributed by atoms with van der Waals surface area (Å²) in [5.41, 5.74) is 4.98. The second-order valence-electron chi connectivity index (χ2n) is 5.16. The van der Waals surface area contributed by atoms with E-state index in [0.29, 0.717) is 16.1 Å². The molecule has 3 rings (SSSR count). The van der Waals surface area contributed by atoms with Crippen molar-refractivity contribution in [2.24, 2.45) is 0 Å². The lowest BCUT2D eigenvalue weighted by atomic mass is 10.0. The summed E-state index contributed by atoms with van der Waals surface area (Å²) in [6, 6.07) is 10.8. The zero-order chi connectivity index (χ0) is 14.3. The first-order valence-corrected chi connectivity index (χ1v) is 8.10. The molecule has 0 spiro atoms. The number of fused-ring (bicyclic) bond motifs is 1. The van der Waals surface area contributed by atoms with Crippen molar-refractivity contribution in [2.45, 2.75) is 25.8 Å². The summed E-state index contributed by atoms with van der Waals surface area (Å²) in [6.45, 7) is 2.12. The van der Waals surface area contributed by atoms with E-state index >= 15 is 0 Å². The minimum Gasteiger partial charge on any atom is -0.377 e. The highest BCUT2D eigenvalue weighted by Gasteiger charge is 2.23. The molecule has 1 aliphatic carbocycles. The van der Waals surface area contributed by atoms with E-state index in [1.165, 1.54) is 16.7 Å². The van der Waals surface area contributed by atoms with Crippen LogP contribution in [0, 0.1) is 6.92 Å². The lowest BCUT2D eigenvalue weighted by molar-refractivity contribution is 0.762. The van der Waals surface area contributed by atoms with Gasteiger partial charge in [-0.3, -0.25) is 0 Å². The average molecular weight is 371 g/mol. The van der Waals surface area contributed by atoms with Crippen molar-refractivity contribution in [1.82, 2.24) is 0 Å². The minimum atomic E-state index is 0.305. The third-order valence-electron chi connectivity index (χ3n) is 3.74. The summed E-state index contributed by atoms with van der Waals surface area (Å²) >= 11 is 15.9. The van der Waals surface area contributed by atoms with Gasteiger partial charge in [-0.1, -0.05) is 47.0 Å². The Bertz CT molecular complexity index is 670. The van der Waals surface area contributed by atoms with E-state index in [4.69, 9.17) is 23.2 Å². The number of rotatable bonds is 2. The quantitative estimate of drug-likeness (QED) is 0.623. The van der Waals surface area contributed by atoms with Gasteiger partial charge in [0.25, 0.3) is 0 Å².